The second-order valence-electron chi connectivity index (χ2n) is 10.2. The molecule has 0 spiro atoms. The summed E-state index contributed by atoms with van der Waals surface area (Å²) in [4.78, 5) is 13.7. The van der Waals surface area contributed by atoms with E-state index < -0.39 is 108 Å². The predicted octanol–water partition coefficient (Wildman–Crippen LogP) is -2.04. The van der Waals surface area contributed by atoms with Crippen molar-refractivity contribution < 1.29 is 74.4 Å². The number of hydrogen-bond donors (Lipinski definition) is 10. The van der Waals surface area contributed by atoms with E-state index in [0.717, 1.165) is 24.3 Å². The van der Waals surface area contributed by atoms with Crippen LogP contribution < -0.4 is 14.9 Å². The van der Waals surface area contributed by atoms with Gasteiger partial charge in [0.1, 0.15) is 65.2 Å². The Balaban J connectivity index is 1.61. The van der Waals surface area contributed by atoms with E-state index in [1.54, 1.807) is 0 Å². The van der Waals surface area contributed by atoms with Gasteiger partial charge in [0.15, 0.2) is 17.3 Å². The fourth-order valence-electron chi connectivity index (χ4n) is 4.81. The van der Waals surface area contributed by atoms with Gasteiger partial charge in [0.2, 0.25) is 23.8 Å². The smallest absolute Gasteiger partial charge is 0.239 e. The van der Waals surface area contributed by atoms with Crippen molar-refractivity contribution in [3.05, 3.63) is 40.6 Å². The average molecular weight is 611 g/mol. The molecule has 0 bridgehead atoms. The zero-order valence-electron chi connectivity index (χ0n) is 22.3. The summed E-state index contributed by atoms with van der Waals surface area (Å²) in [6.07, 6.45) is -15.9. The number of rotatable bonds is 6. The Labute approximate surface area is 241 Å². The van der Waals surface area contributed by atoms with E-state index in [4.69, 9.17) is 23.4 Å². The summed E-state index contributed by atoms with van der Waals surface area (Å²) in [7, 11) is 0. The minimum Gasteiger partial charge on any atom is -0.507 e. The lowest BCUT2D eigenvalue weighted by Gasteiger charge is -2.39. The lowest BCUT2D eigenvalue weighted by molar-refractivity contribution is -0.277. The van der Waals surface area contributed by atoms with Gasteiger partial charge in [-0.3, -0.25) is 4.79 Å². The summed E-state index contributed by atoms with van der Waals surface area (Å²) in [5.41, 5.74) is -1.40. The van der Waals surface area contributed by atoms with Crippen LogP contribution in [0.5, 0.6) is 28.7 Å². The summed E-state index contributed by atoms with van der Waals surface area (Å²) >= 11 is 0. The molecule has 0 saturated carbocycles. The van der Waals surface area contributed by atoms with Gasteiger partial charge in [0.25, 0.3) is 0 Å². The lowest BCUT2D eigenvalue weighted by Crippen LogP contribution is -2.60. The van der Waals surface area contributed by atoms with Crippen LogP contribution in [-0.4, -0.2) is 119 Å². The maximum absolute atomic E-state index is 13.7. The maximum Gasteiger partial charge on any atom is 0.239 e. The van der Waals surface area contributed by atoms with Crippen LogP contribution >= 0.6 is 0 Å². The molecule has 43 heavy (non-hydrogen) atoms. The van der Waals surface area contributed by atoms with Gasteiger partial charge < -0.3 is 74.4 Å². The molecule has 0 unspecified atom stereocenters. The van der Waals surface area contributed by atoms with Gasteiger partial charge in [-0.15, -0.1) is 0 Å². The number of hydrogen-bond acceptors (Lipinski definition) is 16. The van der Waals surface area contributed by atoms with Crippen LogP contribution in [0.15, 0.2) is 39.5 Å². The molecule has 2 fully saturated rings. The van der Waals surface area contributed by atoms with Crippen molar-refractivity contribution in [1.82, 2.24) is 0 Å². The van der Waals surface area contributed by atoms with E-state index in [1.807, 2.05) is 0 Å². The number of ether oxygens (including phenoxy) is 4. The van der Waals surface area contributed by atoms with Crippen molar-refractivity contribution in [2.45, 2.75) is 68.3 Å². The van der Waals surface area contributed by atoms with E-state index >= 15 is 0 Å². The highest BCUT2D eigenvalue weighted by atomic mass is 16.7. The first-order valence-corrected chi connectivity index (χ1v) is 13.0. The minimum absolute atomic E-state index is 0.0447. The predicted molar refractivity (Wildman–Crippen MR) is 140 cm³/mol. The topological polar surface area (TPSA) is 269 Å². The van der Waals surface area contributed by atoms with Crippen molar-refractivity contribution in [3.63, 3.8) is 0 Å². The van der Waals surface area contributed by atoms with Crippen LogP contribution in [0.2, 0.25) is 0 Å². The van der Waals surface area contributed by atoms with Crippen molar-refractivity contribution in [2.24, 2.45) is 0 Å². The molecule has 1 aromatic heterocycles. The summed E-state index contributed by atoms with van der Waals surface area (Å²) in [6.45, 7) is 0.650. The molecule has 2 aliphatic heterocycles. The van der Waals surface area contributed by atoms with Crippen molar-refractivity contribution in [2.75, 3.05) is 6.61 Å². The average Bonchev–Trinajstić information content (AvgIpc) is 2.97. The second-order valence-corrected chi connectivity index (χ2v) is 10.2. The molecule has 10 atom stereocenters. The highest BCUT2D eigenvalue weighted by molar-refractivity contribution is 5.88. The van der Waals surface area contributed by atoms with E-state index in [2.05, 4.69) is 0 Å². The number of fused-ring (bicyclic) bond motifs is 1. The second kappa shape index (κ2) is 11.8. The number of aliphatic hydroxyl groups is 7. The molecule has 0 aliphatic carbocycles. The van der Waals surface area contributed by atoms with Crippen molar-refractivity contribution in [3.8, 4) is 40.1 Å². The van der Waals surface area contributed by atoms with E-state index in [0.29, 0.717) is 0 Å². The van der Waals surface area contributed by atoms with Crippen LogP contribution in [-0.2, 0) is 9.47 Å². The van der Waals surface area contributed by atoms with Gasteiger partial charge in [0.05, 0.1) is 12.7 Å². The molecular formula is C27H30O16. The summed E-state index contributed by atoms with van der Waals surface area (Å²) in [6, 6.07) is 5.43. The molecule has 2 aliphatic rings. The molecule has 0 radical (unpaired) electrons. The Morgan fingerprint density at radius 2 is 1.40 bits per heavy atom. The normalized spacial score (nSPS) is 32.9. The molecule has 16 heteroatoms. The molecule has 234 valence electrons. The molecule has 2 saturated heterocycles. The highest BCUT2D eigenvalue weighted by Crippen LogP contribution is 2.40. The summed E-state index contributed by atoms with van der Waals surface area (Å²) < 4.78 is 27.8. The maximum atomic E-state index is 13.7. The molecule has 5 rings (SSSR count). The fraction of sp³-hybridized carbons (Fsp3) is 0.444. The standard InChI is InChI=1S/C27H30O16/c1-8-17(32)20(35)22(37)26(39-8)40-10-5-13(31)16-14(6-10)41-24(9-2-3-11(29)12(30)4-9)25(19(16)34)43-27-23(38)21(36)18(33)15(7-28)42-27/h2-6,8,15,17-18,20-23,26-33,35-38H,7H2,1H3/t8-,15+,17+,18+,20-,21-,22+,23+,26-,27-/m0/s1. The Morgan fingerprint density at radius 3 is 2.05 bits per heavy atom. The monoisotopic (exact) mass is 610 g/mol. The zero-order chi connectivity index (χ0) is 31.3. The molecule has 3 aromatic rings. The molecular weight excluding hydrogens is 580 g/mol. The Hall–Kier alpha value is -3.71. The van der Waals surface area contributed by atoms with Crippen LogP contribution in [0.25, 0.3) is 22.3 Å². The van der Waals surface area contributed by atoms with E-state index in [1.165, 1.54) is 13.0 Å². The number of phenolic OH excluding ortho intramolecular Hbond substituents is 3. The Kier molecular flexibility index (Phi) is 8.41. The molecule has 0 amide bonds. The first-order chi connectivity index (χ1) is 20.3. The fourth-order valence-corrected chi connectivity index (χ4v) is 4.81. The van der Waals surface area contributed by atoms with Gasteiger partial charge in [-0.05, 0) is 25.1 Å². The zero-order valence-corrected chi connectivity index (χ0v) is 22.3. The van der Waals surface area contributed by atoms with Gasteiger partial charge in [-0.1, -0.05) is 0 Å². The van der Waals surface area contributed by atoms with Gasteiger partial charge >= 0.3 is 0 Å². The van der Waals surface area contributed by atoms with Crippen molar-refractivity contribution >= 4 is 11.0 Å². The van der Waals surface area contributed by atoms with Gasteiger partial charge in [0, 0.05) is 17.7 Å². The number of aliphatic hydroxyl groups excluding tert-OH is 7. The molecule has 16 nitrogen and oxygen atoms in total. The number of aromatic hydroxyl groups is 3. The Morgan fingerprint density at radius 1 is 0.744 bits per heavy atom. The highest BCUT2D eigenvalue weighted by Gasteiger charge is 2.46. The molecule has 10 N–H and O–H groups in total. The molecule has 2 aromatic carbocycles. The molecule has 3 heterocycles. The third kappa shape index (κ3) is 5.55. The third-order valence-corrected chi connectivity index (χ3v) is 7.29. The summed E-state index contributed by atoms with van der Waals surface area (Å²) in [5, 5.41) is 101. The van der Waals surface area contributed by atoms with Crippen LogP contribution in [0, 0.1) is 0 Å². The number of phenols is 3. The summed E-state index contributed by atoms with van der Waals surface area (Å²) in [5.74, 6) is -3.14. The largest absolute Gasteiger partial charge is 0.507 e. The minimum atomic E-state index is -1.92. The quantitative estimate of drug-likeness (QED) is 0.135. The first-order valence-electron chi connectivity index (χ1n) is 13.0. The van der Waals surface area contributed by atoms with Crippen molar-refractivity contribution in [1.29, 1.82) is 0 Å². The van der Waals surface area contributed by atoms with Gasteiger partial charge in [-0.25, -0.2) is 0 Å². The third-order valence-electron chi connectivity index (χ3n) is 7.29. The van der Waals surface area contributed by atoms with Gasteiger partial charge in [-0.2, -0.15) is 0 Å². The van der Waals surface area contributed by atoms with Crippen LogP contribution in [0.1, 0.15) is 6.92 Å². The Bertz CT molecular complexity index is 1540. The SMILES string of the molecule is C[C@@H]1O[C@@H](Oc2cc(O)c3c(=O)c(O[C@@H]4O[C@H](CO)[C@@H](O)[C@H](O)[C@H]4O)c(-c4ccc(O)c(O)c4)oc3c2)[C@H](O)[C@@H](O)[C@@H]1O. The van der Waals surface area contributed by atoms with Crippen LogP contribution in [0.4, 0.5) is 0 Å². The lowest BCUT2D eigenvalue weighted by atomic mass is 9.99. The van der Waals surface area contributed by atoms with E-state index in [-0.39, 0.29) is 16.9 Å². The van der Waals surface area contributed by atoms with E-state index in [9.17, 15) is 55.9 Å². The first kappa shape index (κ1) is 30.7. The van der Waals surface area contributed by atoms with Crippen LogP contribution in [0.3, 0.4) is 0 Å². The number of benzene rings is 2.